The molecule has 0 fully saturated rings. The zero-order valence-electron chi connectivity index (χ0n) is 15.3. The first-order chi connectivity index (χ1) is 13.9. The van der Waals surface area contributed by atoms with E-state index < -0.39 is 11.8 Å². The summed E-state index contributed by atoms with van der Waals surface area (Å²) in [5, 5.41) is 10.2. The summed E-state index contributed by atoms with van der Waals surface area (Å²) < 4.78 is 11.7. The molecule has 29 heavy (non-hydrogen) atoms. The van der Waals surface area contributed by atoms with Crippen LogP contribution in [0.4, 0.5) is 0 Å². The molecule has 0 saturated heterocycles. The summed E-state index contributed by atoms with van der Waals surface area (Å²) in [6, 6.07) is 17.4. The van der Waals surface area contributed by atoms with Crippen molar-refractivity contribution in [1.29, 1.82) is 0 Å². The van der Waals surface area contributed by atoms with Crippen molar-refractivity contribution in [3.05, 3.63) is 75.2 Å². The molecule has 0 amide bonds. The van der Waals surface area contributed by atoms with E-state index in [0.29, 0.717) is 26.0 Å². The summed E-state index contributed by atoms with van der Waals surface area (Å²) in [5.74, 6) is -0.596. The van der Waals surface area contributed by atoms with Crippen molar-refractivity contribution in [2.75, 3.05) is 6.61 Å². The maximum absolute atomic E-state index is 12.2. The van der Waals surface area contributed by atoms with Crippen molar-refractivity contribution >= 4 is 43.6 Å². The van der Waals surface area contributed by atoms with Crippen LogP contribution in [0.3, 0.4) is 0 Å². The second-order valence-corrected chi connectivity index (χ2v) is 7.67. The fraction of sp³-hybridized carbons (Fsp3) is 0.0909. The number of hydrogen-bond donors (Lipinski definition) is 1. The van der Waals surface area contributed by atoms with E-state index in [-0.39, 0.29) is 17.9 Å². The molecule has 3 rings (SSSR count). The highest BCUT2D eigenvalue weighted by atomic mass is 79.9. The molecule has 0 saturated carbocycles. The van der Waals surface area contributed by atoms with Gasteiger partial charge < -0.3 is 14.6 Å². The van der Waals surface area contributed by atoms with Gasteiger partial charge in [0.15, 0.2) is 5.75 Å². The molecule has 1 N–H and O–H groups in total. The second kappa shape index (κ2) is 9.24. The molecule has 0 aromatic heterocycles. The molecule has 7 heteroatoms. The maximum atomic E-state index is 12.2. The quantitative estimate of drug-likeness (QED) is 0.241. The van der Waals surface area contributed by atoms with Crippen LogP contribution in [0.5, 0.6) is 17.2 Å². The summed E-state index contributed by atoms with van der Waals surface area (Å²) >= 11 is 6.76. The predicted octanol–water partition coefficient (Wildman–Crippen LogP) is 6.12. The van der Waals surface area contributed by atoms with E-state index in [1.54, 1.807) is 25.1 Å². The number of phenols is 1. The van der Waals surface area contributed by atoms with Gasteiger partial charge in [-0.2, -0.15) is 0 Å². The Hall–Kier alpha value is -2.64. The maximum Gasteiger partial charge on any atom is 0.379 e. The topological polar surface area (TPSA) is 72.8 Å². The minimum absolute atomic E-state index is 0.124. The Morgan fingerprint density at radius 2 is 1.62 bits per heavy atom. The Morgan fingerprint density at radius 3 is 2.24 bits per heavy atom. The number of hydrogen-bond acceptors (Lipinski definition) is 5. The van der Waals surface area contributed by atoms with Gasteiger partial charge in [0.2, 0.25) is 0 Å². The third-order valence-corrected chi connectivity index (χ3v) is 5.17. The van der Waals surface area contributed by atoms with Gasteiger partial charge in [0.05, 0.1) is 15.6 Å². The van der Waals surface area contributed by atoms with Crippen molar-refractivity contribution in [3.8, 4) is 28.4 Å². The van der Waals surface area contributed by atoms with Crippen LogP contribution >= 0.6 is 31.9 Å². The average Bonchev–Trinajstić information content (AvgIpc) is 2.72. The van der Waals surface area contributed by atoms with Gasteiger partial charge in [-0.25, -0.2) is 4.79 Å². The van der Waals surface area contributed by atoms with Gasteiger partial charge in [-0.3, -0.25) is 4.79 Å². The molecule has 0 radical (unpaired) electrons. The van der Waals surface area contributed by atoms with Gasteiger partial charge in [0, 0.05) is 11.1 Å². The van der Waals surface area contributed by atoms with Crippen LogP contribution in [0.15, 0.2) is 69.6 Å². The molecule has 5 nitrogen and oxygen atoms in total. The molecule has 0 aliphatic heterocycles. The Kier molecular flexibility index (Phi) is 6.71. The Balaban J connectivity index is 1.91. The zero-order chi connectivity index (χ0) is 21.0. The van der Waals surface area contributed by atoms with E-state index in [9.17, 15) is 14.7 Å². The van der Waals surface area contributed by atoms with Crippen molar-refractivity contribution in [3.63, 3.8) is 0 Å². The molecule has 0 aliphatic carbocycles. The first kappa shape index (κ1) is 21.1. The highest BCUT2D eigenvalue weighted by Gasteiger charge is 2.21. The van der Waals surface area contributed by atoms with Gasteiger partial charge in [0.1, 0.15) is 11.5 Å². The van der Waals surface area contributed by atoms with Crippen molar-refractivity contribution in [2.24, 2.45) is 0 Å². The minimum atomic E-state index is -0.911. The minimum Gasteiger partial charge on any atom is -0.507 e. The van der Waals surface area contributed by atoms with Crippen LogP contribution in [0.1, 0.15) is 17.3 Å². The highest BCUT2D eigenvalue weighted by molar-refractivity contribution is 9.11. The second-order valence-electron chi connectivity index (χ2n) is 5.97. The van der Waals surface area contributed by atoms with Crippen LogP contribution in [0.25, 0.3) is 11.1 Å². The summed E-state index contributed by atoms with van der Waals surface area (Å²) in [5.41, 5.74) is 1.65. The number of carbonyl (C=O) groups is 2. The molecule has 0 aliphatic rings. The van der Waals surface area contributed by atoms with Crippen molar-refractivity contribution < 1.29 is 24.2 Å². The fourth-order valence-electron chi connectivity index (χ4n) is 2.65. The normalized spacial score (nSPS) is 10.4. The van der Waals surface area contributed by atoms with E-state index >= 15 is 0 Å². The summed E-state index contributed by atoms with van der Waals surface area (Å²) in [7, 11) is 0. The average molecular weight is 520 g/mol. The third-order valence-electron chi connectivity index (χ3n) is 3.99. The van der Waals surface area contributed by atoms with Crippen LogP contribution in [-0.2, 0) is 9.53 Å². The summed E-state index contributed by atoms with van der Waals surface area (Å²) in [6.07, 6.45) is 0. The number of ketones is 1. The van der Waals surface area contributed by atoms with Crippen LogP contribution in [-0.4, -0.2) is 23.5 Å². The molecular formula is C22H16Br2O5. The van der Waals surface area contributed by atoms with Gasteiger partial charge >= 0.3 is 5.97 Å². The third kappa shape index (κ3) is 4.86. The predicted molar refractivity (Wildman–Crippen MR) is 116 cm³/mol. The monoisotopic (exact) mass is 518 g/mol. The van der Waals surface area contributed by atoms with Gasteiger partial charge in [-0.15, -0.1) is 0 Å². The summed E-state index contributed by atoms with van der Waals surface area (Å²) in [4.78, 5) is 23.9. The standard InChI is InChI=1S/C22H16Br2O5/c1-2-28-22(27)20(26)14-10-17(23)21(18(24)11-14)29-15-8-9-19(25)16(12-15)13-6-4-3-5-7-13/h3-12,25H,2H2,1H3. The molecule has 0 unspecified atom stereocenters. The van der Waals surface area contributed by atoms with Gasteiger partial charge in [-0.1, -0.05) is 30.3 Å². The lowest BCUT2D eigenvalue weighted by molar-refractivity contribution is -0.137. The molecule has 0 bridgehead atoms. The van der Waals surface area contributed by atoms with Gasteiger partial charge in [0.25, 0.3) is 5.78 Å². The Bertz CT molecular complexity index is 1040. The molecule has 3 aromatic rings. The molecule has 148 valence electrons. The molecule has 3 aromatic carbocycles. The van der Waals surface area contributed by atoms with E-state index in [4.69, 9.17) is 9.47 Å². The number of phenolic OH excluding ortho intramolecular Hbond substituents is 1. The van der Waals surface area contributed by atoms with Crippen molar-refractivity contribution in [2.45, 2.75) is 6.92 Å². The number of esters is 1. The van der Waals surface area contributed by atoms with Crippen LogP contribution < -0.4 is 4.74 Å². The first-order valence-electron chi connectivity index (χ1n) is 8.67. The number of Topliss-reactive ketones (excluding diaryl/α,β-unsaturated/α-hetero) is 1. The molecule has 0 spiro atoms. The lowest BCUT2D eigenvalue weighted by Crippen LogP contribution is -2.17. The lowest BCUT2D eigenvalue weighted by Gasteiger charge is -2.13. The van der Waals surface area contributed by atoms with E-state index in [0.717, 1.165) is 5.56 Å². The number of halogens is 2. The van der Waals surface area contributed by atoms with Crippen molar-refractivity contribution in [1.82, 2.24) is 0 Å². The smallest absolute Gasteiger partial charge is 0.379 e. The molecule has 0 atom stereocenters. The number of carbonyl (C=O) groups excluding carboxylic acids is 2. The van der Waals surface area contributed by atoms with Crippen LogP contribution in [0, 0.1) is 0 Å². The number of aromatic hydroxyl groups is 1. The zero-order valence-corrected chi connectivity index (χ0v) is 18.5. The molecular weight excluding hydrogens is 504 g/mol. The Morgan fingerprint density at radius 1 is 0.966 bits per heavy atom. The SMILES string of the molecule is CCOC(=O)C(=O)c1cc(Br)c(Oc2ccc(O)c(-c3ccccc3)c2)c(Br)c1. The molecule has 0 heterocycles. The number of rotatable bonds is 6. The van der Waals surface area contributed by atoms with E-state index in [1.165, 1.54) is 12.1 Å². The number of benzene rings is 3. The largest absolute Gasteiger partial charge is 0.507 e. The number of ether oxygens (including phenoxy) is 2. The van der Waals surface area contributed by atoms with E-state index in [2.05, 4.69) is 31.9 Å². The summed E-state index contributed by atoms with van der Waals surface area (Å²) in [6.45, 7) is 1.76. The highest BCUT2D eigenvalue weighted by Crippen LogP contribution is 2.40. The first-order valence-corrected chi connectivity index (χ1v) is 10.3. The fourth-order valence-corrected chi connectivity index (χ4v) is 4.00. The lowest BCUT2D eigenvalue weighted by atomic mass is 10.0. The van der Waals surface area contributed by atoms with Gasteiger partial charge in [-0.05, 0) is 74.7 Å². The Labute approximate surface area is 184 Å². The van der Waals surface area contributed by atoms with E-state index in [1.807, 2.05) is 30.3 Å². The van der Waals surface area contributed by atoms with Crippen LogP contribution in [0.2, 0.25) is 0 Å².